The lowest BCUT2D eigenvalue weighted by Crippen LogP contribution is -2.02. The molecule has 7 N–H and O–H groups in total. The third kappa shape index (κ3) is 8.11. The molecule has 0 aliphatic carbocycles. The molecule has 45 heavy (non-hydrogen) atoms. The SMILES string of the molecule is Nc1cc(O)c(N=Nc2cc(S(=O)(=O)O)ccc2S(=O)(=O)O)cc1N=Nc1cc(Nc2cc(F)nc(F)n2)ccc1S(=O)(=O)O. The van der Waals surface area contributed by atoms with E-state index in [-0.39, 0.29) is 22.9 Å². The molecule has 1 heterocycles. The number of aromatic hydroxyl groups is 1. The fraction of sp³-hybridized carbons (Fsp3) is 0. The number of anilines is 3. The molecule has 0 radical (unpaired) electrons. The number of phenolic OH excluding ortho intramolecular Hbond substituents is 1. The number of hydrogen-bond donors (Lipinski definition) is 6. The fourth-order valence-electron chi connectivity index (χ4n) is 3.41. The van der Waals surface area contributed by atoms with E-state index < -0.39 is 79.9 Å². The second-order valence-corrected chi connectivity index (χ2v) is 12.7. The Hall–Kier alpha value is -5.07. The summed E-state index contributed by atoms with van der Waals surface area (Å²) in [5.41, 5.74) is 3.48. The summed E-state index contributed by atoms with van der Waals surface area (Å²) in [4.78, 5) is 3.69. The third-order valence-electron chi connectivity index (χ3n) is 5.34. The number of nitrogens with two attached hydrogens (primary N) is 1. The largest absolute Gasteiger partial charge is 0.506 e. The van der Waals surface area contributed by atoms with Gasteiger partial charge < -0.3 is 16.2 Å². The summed E-state index contributed by atoms with van der Waals surface area (Å²) >= 11 is 0. The van der Waals surface area contributed by atoms with Crippen LogP contribution in [0.15, 0.2) is 89.7 Å². The van der Waals surface area contributed by atoms with Crippen molar-refractivity contribution in [2.24, 2.45) is 20.5 Å². The average molecular weight is 687 g/mol. The van der Waals surface area contributed by atoms with Crippen LogP contribution in [0, 0.1) is 12.0 Å². The summed E-state index contributed by atoms with van der Waals surface area (Å²) in [5.74, 6) is -2.24. The van der Waals surface area contributed by atoms with Gasteiger partial charge in [-0.05, 0) is 42.5 Å². The third-order valence-corrected chi connectivity index (χ3v) is 7.99. The van der Waals surface area contributed by atoms with Gasteiger partial charge in [-0.25, -0.2) is 0 Å². The van der Waals surface area contributed by atoms with Crippen LogP contribution >= 0.6 is 0 Å². The molecule has 0 saturated carbocycles. The van der Waals surface area contributed by atoms with E-state index in [1.807, 2.05) is 0 Å². The van der Waals surface area contributed by atoms with Gasteiger partial charge in [0.25, 0.3) is 30.4 Å². The van der Waals surface area contributed by atoms with Crippen LogP contribution in [-0.4, -0.2) is 54.0 Å². The molecule has 4 aromatic rings. The Bertz CT molecular complexity index is 2210. The van der Waals surface area contributed by atoms with Crippen molar-refractivity contribution in [1.82, 2.24) is 9.97 Å². The zero-order chi connectivity index (χ0) is 33.3. The quantitative estimate of drug-likeness (QED) is 0.0469. The highest BCUT2D eigenvalue weighted by Gasteiger charge is 2.21. The molecule has 0 aliphatic rings. The number of hydrogen-bond acceptors (Lipinski definition) is 15. The summed E-state index contributed by atoms with van der Waals surface area (Å²) in [6.07, 6.45) is -1.40. The number of nitrogens with one attached hydrogen (secondary N) is 1. The van der Waals surface area contributed by atoms with Crippen molar-refractivity contribution in [3.8, 4) is 5.75 Å². The van der Waals surface area contributed by atoms with E-state index in [9.17, 15) is 52.8 Å². The highest BCUT2D eigenvalue weighted by atomic mass is 32.2. The smallest absolute Gasteiger partial charge is 0.313 e. The first-order valence-electron chi connectivity index (χ1n) is 11.4. The predicted octanol–water partition coefficient (Wildman–Crippen LogP) is 4.36. The van der Waals surface area contributed by atoms with Gasteiger partial charge in [0.2, 0.25) is 5.95 Å². The Kier molecular flexibility index (Phi) is 8.86. The molecule has 0 saturated heterocycles. The molecule has 0 atom stereocenters. The lowest BCUT2D eigenvalue weighted by atomic mass is 10.2. The average Bonchev–Trinajstić information content (AvgIpc) is 2.89. The van der Waals surface area contributed by atoms with Crippen LogP contribution in [0.25, 0.3) is 0 Å². The summed E-state index contributed by atoms with van der Waals surface area (Å²) in [5, 5.41) is 27.4. The second-order valence-electron chi connectivity index (χ2n) is 8.51. The van der Waals surface area contributed by atoms with E-state index in [1.54, 1.807) is 0 Å². The molecular formula is C22H16F2N8O10S3. The monoisotopic (exact) mass is 686 g/mol. The van der Waals surface area contributed by atoms with E-state index in [1.165, 1.54) is 0 Å². The lowest BCUT2D eigenvalue weighted by molar-refractivity contribution is 0.476. The zero-order valence-corrected chi connectivity index (χ0v) is 24.1. The molecular weight excluding hydrogens is 670 g/mol. The Balaban J connectivity index is 1.75. The topological polar surface area (TPSA) is 297 Å². The minimum Gasteiger partial charge on any atom is -0.506 e. The van der Waals surface area contributed by atoms with Crippen molar-refractivity contribution in [2.75, 3.05) is 11.1 Å². The van der Waals surface area contributed by atoms with Gasteiger partial charge in [-0.2, -0.15) is 44.0 Å². The molecule has 0 spiro atoms. The summed E-state index contributed by atoms with van der Waals surface area (Å²) < 4.78 is 125. The molecule has 18 nitrogen and oxygen atoms in total. The van der Waals surface area contributed by atoms with Crippen LogP contribution in [0.2, 0.25) is 0 Å². The molecule has 4 rings (SSSR count). The van der Waals surface area contributed by atoms with E-state index in [0.717, 1.165) is 36.4 Å². The van der Waals surface area contributed by atoms with Gasteiger partial charge in [-0.15, -0.1) is 20.5 Å². The molecule has 236 valence electrons. The van der Waals surface area contributed by atoms with E-state index in [2.05, 4.69) is 35.7 Å². The molecule has 0 aliphatic heterocycles. The number of aromatic nitrogens is 2. The van der Waals surface area contributed by atoms with Crippen LogP contribution in [0.1, 0.15) is 0 Å². The fourth-order valence-corrected chi connectivity index (χ4v) is 5.12. The predicted molar refractivity (Wildman–Crippen MR) is 148 cm³/mol. The highest BCUT2D eigenvalue weighted by Crippen LogP contribution is 2.39. The maximum atomic E-state index is 13.4. The highest BCUT2D eigenvalue weighted by molar-refractivity contribution is 7.86. The van der Waals surface area contributed by atoms with Crippen LogP contribution in [0.3, 0.4) is 0 Å². The van der Waals surface area contributed by atoms with Crippen molar-refractivity contribution in [1.29, 1.82) is 0 Å². The van der Waals surface area contributed by atoms with Crippen molar-refractivity contribution in [3.05, 3.63) is 66.6 Å². The first-order valence-corrected chi connectivity index (χ1v) is 15.8. The van der Waals surface area contributed by atoms with E-state index in [4.69, 9.17) is 5.73 Å². The van der Waals surface area contributed by atoms with Gasteiger partial charge in [0, 0.05) is 17.8 Å². The number of phenols is 1. The maximum absolute atomic E-state index is 13.4. The molecule has 3 aromatic carbocycles. The zero-order valence-electron chi connectivity index (χ0n) is 21.7. The second kappa shape index (κ2) is 12.1. The molecule has 0 bridgehead atoms. The van der Waals surface area contributed by atoms with Gasteiger partial charge in [0.1, 0.15) is 44.1 Å². The first kappa shape index (κ1) is 32.8. The first-order chi connectivity index (χ1) is 20.8. The van der Waals surface area contributed by atoms with Crippen molar-refractivity contribution >= 4 is 70.3 Å². The van der Waals surface area contributed by atoms with E-state index >= 15 is 0 Å². The Labute approximate surface area is 251 Å². The molecule has 23 heteroatoms. The van der Waals surface area contributed by atoms with Gasteiger partial charge in [-0.3, -0.25) is 13.7 Å². The number of azo groups is 2. The number of nitrogen functional groups attached to an aromatic ring is 1. The minimum absolute atomic E-state index is 0.0243. The van der Waals surface area contributed by atoms with E-state index in [0.29, 0.717) is 18.2 Å². The molecule has 0 unspecified atom stereocenters. The van der Waals surface area contributed by atoms with Crippen molar-refractivity contribution in [3.63, 3.8) is 0 Å². The van der Waals surface area contributed by atoms with Crippen LogP contribution in [0.5, 0.6) is 5.75 Å². The summed E-state index contributed by atoms with van der Waals surface area (Å²) in [7, 11) is -14.7. The normalized spacial score (nSPS) is 12.6. The number of nitrogens with zero attached hydrogens (tertiary/aromatic N) is 6. The number of halogens is 2. The Morgan fingerprint density at radius 1 is 0.667 bits per heavy atom. The Morgan fingerprint density at radius 3 is 1.80 bits per heavy atom. The molecule has 0 amide bonds. The Morgan fingerprint density at radius 2 is 1.22 bits per heavy atom. The van der Waals surface area contributed by atoms with Gasteiger partial charge in [-0.1, -0.05) is 0 Å². The van der Waals surface area contributed by atoms with Gasteiger partial charge in [0.05, 0.1) is 10.6 Å². The summed E-state index contributed by atoms with van der Waals surface area (Å²) in [6.45, 7) is 0. The molecule has 1 aromatic heterocycles. The van der Waals surface area contributed by atoms with Crippen molar-refractivity contribution < 1.29 is 52.8 Å². The van der Waals surface area contributed by atoms with Gasteiger partial charge in [0.15, 0.2) is 0 Å². The van der Waals surface area contributed by atoms with Crippen LogP contribution in [0.4, 0.5) is 48.7 Å². The van der Waals surface area contributed by atoms with Crippen LogP contribution in [-0.2, 0) is 30.4 Å². The standard InChI is InChI=1S/C22H16F2N8O10S3/c23-20-9-21(28-22(24)27-20)26-10-1-3-18(44(37,38)39)15(5-10)31-29-13-8-14(17(33)7-12(13)25)30-32-16-6-11(43(34,35)36)2-4-19(16)45(40,41)42/h1-9,33H,25H2,(H,26,27,28)(H,34,35,36)(H,37,38,39)(H,40,41,42). The minimum atomic E-state index is -4.97. The lowest BCUT2D eigenvalue weighted by Gasteiger charge is -2.09. The summed E-state index contributed by atoms with van der Waals surface area (Å²) in [6, 6.07) is 7.40. The number of rotatable bonds is 9. The number of benzene rings is 3. The van der Waals surface area contributed by atoms with Crippen LogP contribution < -0.4 is 11.1 Å². The van der Waals surface area contributed by atoms with Gasteiger partial charge >= 0.3 is 6.08 Å². The van der Waals surface area contributed by atoms with Crippen molar-refractivity contribution in [2.45, 2.75) is 14.7 Å². The maximum Gasteiger partial charge on any atom is 0.313 e. The molecule has 0 fully saturated rings.